The van der Waals surface area contributed by atoms with Crippen molar-refractivity contribution in [3.63, 3.8) is 0 Å². The summed E-state index contributed by atoms with van der Waals surface area (Å²) in [5.41, 5.74) is 3.18. The van der Waals surface area contributed by atoms with Crippen LogP contribution in [0.5, 0.6) is 0 Å². The number of amides is 1. The lowest BCUT2D eigenvalue weighted by atomic mass is 10.2. The van der Waals surface area contributed by atoms with Gasteiger partial charge in [0.1, 0.15) is 11.3 Å². The van der Waals surface area contributed by atoms with Crippen molar-refractivity contribution >= 4 is 39.1 Å². The third-order valence-corrected chi connectivity index (χ3v) is 4.55. The first kappa shape index (κ1) is 19.0. The van der Waals surface area contributed by atoms with E-state index in [1.54, 1.807) is 30.5 Å². The first-order valence-electron chi connectivity index (χ1n) is 8.56. The Bertz CT molecular complexity index is 1030. The average Bonchev–Trinajstić information content (AvgIpc) is 3.01. The summed E-state index contributed by atoms with van der Waals surface area (Å²) in [4.78, 5) is 33.6. The van der Waals surface area contributed by atoms with Gasteiger partial charge in [0.05, 0.1) is 29.2 Å². The highest BCUT2D eigenvalue weighted by Gasteiger charge is 2.20. The number of ether oxygens (including phenoxy) is 1. The Kier molecular flexibility index (Phi) is 5.55. The molecule has 3 heterocycles. The number of fused-ring (bicyclic) bond motifs is 1. The van der Waals surface area contributed by atoms with Crippen LogP contribution in [0.4, 0.5) is 5.69 Å². The fourth-order valence-electron chi connectivity index (χ4n) is 2.72. The van der Waals surface area contributed by atoms with Crippen molar-refractivity contribution in [3.05, 3.63) is 57.7 Å². The number of nitrogens with zero attached hydrogens (tertiary/aromatic N) is 3. The van der Waals surface area contributed by atoms with Crippen LogP contribution in [0.15, 0.2) is 35.1 Å². The molecule has 27 heavy (non-hydrogen) atoms. The maximum absolute atomic E-state index is 13.0. The third-order valence-electron chi connectivity index (χ3n) is 4.06. The number of hydrogen-bond donors (Lipinski definition) is 1. The van der Waals surface area contributed by atoms with Gasteiger partial charge in [-0.25, -0.2) is 9.78 Å². The zero-order valence-corrected chi connectivity index (χ0v) is 16.8. The van der Waals surface area contributed by atoms with E-state index in [0.29, 0.717) is 34.8 Å². The molecular weight excluding hydrogens is 412 g/mol. The first-order chi connectivity index (χ1) is 12.9. The van der Waals surface area contributed by atoms with E-state index in [2.05, 4.69) is 31.2 Å². The summed E-state index contributed by atoms with van der Waals surface area (Å²) >= 11 is 3.42. The Morgan fingerprint density at radius 2 is 2.07 bits per heavy atom. The van der Waals surface area contributed by atoms with Gasteiger partial charge in [-0.05, 0) is 38.5 Å². The Hall–Kier alpha value is -2.74. The molecule has 0 saturated carbocycles. The quantitative estimate of drug-likeness (QED) is 0.622. The Morgan fingerprint density at radius 3 is 2.78 bits per heavy atom. The molecule has 0 bridgehead atoms. The number of nitrogens with one attached hydrogen (secondary N) is 1. The smallest absolute Gasteiger partial charge is 0.339 e. The molecule has 0 atom stereocenters. The number of pyridine rings is 2. The van der Waals surface area contributed by atoms with Crippen LogP contribution in [0, 0.1) is 6.92 Å². The molecule has 0 aliphatic rings. The Labute approximate surface area is 164 Å². The number of aromatic nitrogens is 3. The molecular formula is C19H19BrN4O3. The lowest BCUT2D eigenvalue weighted by Gasteiger charge is -2.10. The molecule has 3 aromatic rings. The molecule has 7 nitrogen and oxygen atoms in total. The van der Waals surface area contributed by atoms with Crippen LogP contribution >= 0.6 is 15.9 Å². The number of anilines is 1. The second kappa shape index (κ2) is 7.87. The molecule has 3 aromatic heterocycles. The van der Waals surface area contributed by atoms with Crippen molar-refractivity contribution < 1.29 is 14.3 Å². The first-order valence-corrected chi connectivity index (χ1v) is 9.35. The molecule has 0 aromatic carbocycles. The number of hydrogen-bond acceptors (Lipinski definition) is 5. The minimum atomic E-state index is -0.477. The zero-order valence-electron chi connectivity index (χ0n) is 15.2. The van der Waals surface area contributed by atoms with Crippen molar-refractivity contribution in [3.8, 4) is 0 Å². The van der Waals surface area contributed by atoms with Crippen LogP contribution in [-0.2, 0) is 11.2 Å². The highest BCUT2D eigenvalue weighted by Crippen LogP contribution is 2.21. The van der Waals surface area contributed by atoms with Gasteiger partial charge < -0.3 is 10.1 Å². The molecule has 8 heteroatoms. The zero-order chi connectivity index (χ0) is 19.6. The van der Waals surface area contributed by atoms with Crippen LogP contribution < -0.4 is 5.32 Å². The number of imidazole rings is 1. The fourth-order valence-corrected chi connectivity index (χ4v) is 3.05. The van der Waals surface area contributed by atoms with Crippen LogP contribution in [0.3, 0.4) is 0 Å². The van der Waals surface area contributed by atoms with Crippen molar-refractivity contribution in [1.29, 1.82) is 0 Å². The number of aryl methyl sites for hydroxylation is 2. The number of rotatable bonds is 5. The minimum absolute atomic E-state index is 0.269. The predicted molar refractivity (Wildman–Crippen MR) is 105 cm³/mol. The van der Waals surface area contributed by atoms with Gasteiger partial charge in [-0.2, -0.15) is 0 Å². The summed E-state index contributed by atoms with van der Waals surface area (Å²) in [6.45, 7) is 5.71. The van der Waals surface area contributed by atoms with Crippen LogP contribution in [0.25, 0.3) is 5.65 Å². The van der Waals surface area contributed by atoms with Gasteiger partial charge >= 0.3 is 5.97 Å². The van der Waals surface area contributed by atoms with E-state index in [-0.39, 0.29) is 18.1 Å². The van der Waals surface area contributed by atoms with Crippen molar-refractivity contribution in [2.24, 2.45) is 0 Å². The van der Waals surface area contributed by atoms with Gasteiger partial charge in [-0.3, -0.25) is 14.2 Å². The van der Waals surface area contributed by atoms with E-state index >= 15 is 0 Å². The summed E-state index contributed by atoms with van der Waals surface area (Å²) in [5.74, 6) is -0.790. The predicted octanol–water partition coefficient (Wildman–Crippen LogP) is 3.79. The lowest BCUT2D eigenvalue weighted by molar-refractivity contribution is 0.0525. The van der Waals surface area contributed by atoms with Crippen LogP contribution in [0.2, 0.25) is 0 Å². The van der Waals surface area contributed by atoms with Gasteiger partial charge in [0.2, 0.25) is 0 Å². The summed E-state index contributed by atoms with van der Waals surface area (Å²) in [6.07, 6.45) is 3.84. The molecule has 1 N–H and O–H groups in total. The summed E-state index contributed by atoms with van der Waals surface area (Å²) < 4.78 is 7.63. The average molecular weight is 431 g/mol. The third kappa shape index (κ3) is 3.85. The number of esters is 1. The normalized spacial score (nSPS) is 10.8. The minimum Gasteiger partial charge on any atom is -0.462 e. The molecule has 0 radical (unpaired) electrons. The Morgan fingerprint density at radius 1 is 1.30 bits per heavy atom. The molecule has 0 spiro atoms. The lowest BCUT2D eigenvalue weighted by Crippen LogP contribution is -2.18. The molecule has 0 saturated heterocycles. The Balaban J connectivity index is 1.97. The maximum atomic E-state index is 13.0. The fraction of sp³-hybridized carbons (Fsp3) is 0.263. The van der Waals surface area contributed by atoms with Crippen molar-refractivity contribution in [2.45, 2.75) is 27.2 Å². The van der Waals surface area contributed by atoms with Gasteiger partial charge in [0, 0.05) is 16.9 Å². The van der Waals surface area contributed by atoms with E-state index in [9.17, 15) is 9.59 Å². The van der Waals surface area contributed by atoms with Gasteiger partial charge in [0.25, 0.3) is 5.91 Å². The standard InChI is InChI=1S/C19H19BrN4O3/c1-4-14-17(24-7-6-13(20)9-16(24)22-14)18(25)23-15-8-12(10-21-11(15)3)19(26)27-5-2/h6-10H,4-5H2,1-3H3,(H,23,25). The summed E-state index contributed by atoms with van der Waals surface area (Å²) in [5, 5.41) is 2.85. The highest BCUT2D eigenvalue weighted by atomic mass is 79.9. The number of carbonyl (C=O) groups is 2. The van der Waals surface area contributed by atoms with Gasteiger partial charge in [-0.1, -0.05) is 22.9 Å². The van der Waals surface area contributed by atoms with Crippen molar-refractivity contribution in [1.82, 2.24) is 14.4 Å². The van der Waals surface area contributed by atoms with E-state index in [1.807, 2.05) is 19.1 Å². The number of carbonyl (C=O) groups excluding carboxylic acids is 2. The topological polar surface area (TPSA) is 85.6 Å². The largest absolute Gasteiger partial charge is 0.462 e. The molecule has 0 fully saturated rings. The maximum Gasteiger partial charge on any atom is 0.339 e. The number of halogens is 1. The van der Waals surface area contributed by atoms with E-state index < -0.39 is 5.97 Å². The second-order valence-corrected chi connectivity index (χ2v) is 6.78. The molecule has 1 amide bonds. The summed E-state index contributed by atoms with van der Waals surface area (Å²) in [7, 11) is 0. The van der Waals surface area contributed by atoms with E-state index in [1.165, 1.54) is 6.20 Å². The molecule has 0 unspecified atom stereocenters. The SMILES string of the molecule is CCOC(=O)c1cnc(C)c(NC(=O)c2c(CC)nc3cc(Br)ccn23)c1. The van der Waals surface area contributed by atoms with Gasteiger partial charge in [-0.15, -0.1) is 0 Å². The van der Waals surface area contributed by atoms with Crippen molar-refractivity contribution in [2.75, 3.05) is 11.9 Å². The van der Waals surface area contributed by atoms with E-state index in [4.69, 9.17) is 4.74 Å². The monoisotopic (exact) mass is 430 g/mol. The molecule has 3 rings (SSSR count). The molecule has 140 valence electrons. The second-order valence-electron chi connectivity index (χ2n) is 5.87. The van der Waals surface area contributed by atoms with Crippen LogP contribution in [0.1, 0.15) is 46.1 Å². The van der Waals surface area contributed by atoms with Gasteiger partial charge in [0.15, 0.2) is 0 Å². The molecule has 0 aliphatic carbocycles. The highest BCUT2D eigenvalue weighted by molar-refractivity contribution is 9.10. The van der Waals surface area contributed by atoms with E-state index in [0.717, 1.165) is 4.47 Å². The van der Waals surface area contributed by atoms with Crippen LogP contribution in [-0.4, -0.2) is 32.9 Å². The molecule has 0 aliphatic heterocycles. The summed E-state index contributed by atoms with van der Waals surface area (Å²) in [6, 6.07) is 5.27.